The average Bonchev–Trinajstić information content (AvgIpc) is 2.56. The molecule has 3 nitrogen and oxygen atoms in total. The number of furan rings is 1. The van der Waals surface area contributed by atoms with Gasteiger partial charge in [-0.25, -0.2) is 0 Å². The lowest BCUT2D eigenvalue weighted by molar-refractivity contribution is 0.238. The Kier molecular flexibility index (Phi) is 3.31. The molecule has 1 aromatic rings. The molecule has 0 aromatic carbocycles. The van der Waals surface area contributed by atoms with Crippen LogP contribution in [0.1, 0.15) is 25.6 Å². The van der Waals surface area contributed by atoms with Crippen molar-refractivity contribution in [3.05, 3.63) is 24.2 Å². The number of aliphatic hydroxyl groups excluding tert-OH is 1. The van der Waals surface area contributed by atoms with E-state index in [0.29, 0.717) is 0 Å². The molecule has 3 heteroatoms. The summed E-state index contributed by atoms with van der Waals surface area (Å²) in [6.07, 6.45) is 1.65. The molecule has 0 amide bonds. The average molecular weight is 169 g/mol. The summed E-state index contributed by atoms with van der Waals surface area (Å²) in [5.41, 5.74) is 0. The minimum Gasteiger partial charge on any atom is -0.468 e. The van der Waals surface area contributed by atoms with Gasteiger partial charge in [0, 0.05) is 6.04 Å². The van der Waals surface area contributed by atoms with Crippen molar-refractivity contribution >= 4 is 0 Å². The SMILES string of the molecule is C[C@@H](CO)N[C@H](C)c1ccco1. The van der Waals surface area contributed by atoms with Crippen molar-refractivity contribution in [1.29, 1.82) is 0 Å². The molecule has 1 heterocycles. The largest absolute Gasteiger partial charge is 0.468 e. The van der Waals surface area contributed by atoms with E-state index in [9.17, 15) is 0 Å². The Bertz CT molecular complexity index is 208. The number of hydrogen-bond donors (Lipinski definition) is 2. The summed E-state index contributed by atoms with van der Waals surface area (Å²) in [6.45, 7) is 4.08. The van der Waals surface area contributed by atoms with Crippen molar-refractivity contribution < 1.29 is 9.52 Å². The van der Waals surface area contributed by atoms with Crippen LogP contribution in [0.2, 0.25) is 0 Å². The zero-order valence-corrected chi connectivity index (χ0v) is 7.45. The minimum atomic E-state index is 0.102. The van der Waals surface area contributed by atoms with Crippen LogP contribution < -0.4 is 5.32 Å². The molecule has 0 spiro atoms. The third-order valence-electron chi connectivity index (χ3n) is 1.78. The molecule has 0 unspecified atom stereocenters. The lowest BCUT2D eigenvalue weighted by Crippen LogP contribution is -2.31. The molecule has 0 fully saturated rings. The Morgan fingerprint density at radius 2 is 2.33 bits per heavy atom. The zero-order valence-electron chi connectivity index (χ0n) is 7.45. The van der Waals surface area contributed by atoms with Gasteiger partial charge in [-0.2, -0.15) is 0 Å². The first-order valence-corrected chi connectivity index (χ1v) is 4.14. The summed E-state index contributed by atoms with van der Waals surface area (Å²) in [5, 5.41) is 12.0. The second-order valence-electron chi connectivity index (χ2n) is 2.99. The summed E-state index contributed by atoms with van der Waals surface area (Å²) in [5.74, 6) is 0.898. The van der Waals surface area contributed by atoms with Crippen LogP contribution in [-0.4, -0.2) is 17.8 Å². The lowest BCUT2D eigenvalue weighted by atomic mass is 10.2. The first-order valence-electron chi connectivity index (χ1n) is 4.14. The Hall–Kier alpha value is -0.800. The first-order chi connectivity index (χ1) is 5.74. The van der Waals surface area contributed by atoms with E-state index in [2.05, 4.69) is 5.32 Å². The molecule has 0 radical (unpaired) electrons. The van der Waals surface area contributed by atoms with Crippen molar-refractivity contribution in [2.75, 3.05) is 6.61 Å². The molecule has 0 bridgehead atoms. The summed E-state index contributed by atoms with van der Waals surface area (Å²) < 4.78 is 5.20. The molecule has 0 saturated carbocycles. The molecule has 12 heavy (non-hydrogen) atoms. The highest BCUT2D eigenvalue weighted by Crippen LogP contribution is 2.12. The summed E-state index contributed by atoms with van der Waals surface area (Å²) in [6, 6.07) is 4.03. The molecule has 2 N–H and O–H groups in total. The smallest absolute Gasteiger partial charge is 0.120 e. The number of aliphatic hydroxyl groups is 1. The monoisotopic (exact) mass is 169 g/mol. The third kappa shape index (κ3) is 2.36. The van der Waals surface area contributed by atoms with Crippen molar-refractivity contribution in [3.8, 4) is 0 Å². The Morgan fingerprint density at radius 3 is 2.83 bits per heavy atom. The first kappa shape index (κ1) is 9.29. The van der Waals surface area contributed by atoms with Gasteiger partial charge in [0.15, 0.2) is 0 Å². The van der Waals surface area contributed by atoms with Crippen LogP contribution in [0.4, 0.5) is 0 Å². The fourth-order valence-corrected chi connectivity index (χ4v) is 1.10. The van der Waals surface area contributed by atoms with Gasteiger partial charge in [0.1, 0.15) is 5.76 Å². The molecule has 1 aromatic heterocycles. The molecule has 0 aliphatic rings. The van der Waals surface area contributed by atoms with Crippen molar-refractivity contribution in [1.82, 2.24) is 5.32 Å². The third-order valence-corrected chi connectivity index (χ3v) is 1.78. The molecule has 68 valence electrons. The predicted octanol–water partition coefficient (Wildman–Crippen LogP) is 1.31. The van der Waals surface area contributed by atoms with Crippen molar-refractivity contribution in [2.24, 2.45) is 0 Å². The number of hydrogen-bond acceptors (Lipinski definition) is 3. The molecule has 0 aliphatic heterocycles. The van der Waals surface area contributed by atoms with E-state index in [0.717, 1.165) is 5.76 Å². The second kappa shape index (κ2) is 4.28. The highest BCUT2D eigenvalue weighted by molar-refractivity contribution is 5.03. The van der Waals surface area contributed by atoms with Crippen LogP contribution in [0.15, 0.2) is 22.8 Å². The number of rotatable bonds is 4. The quantitative estimate of drug-likeness (QED) is 0.714. The van der Waals surface area contributed by atoms with Gasteiger partial charge in [-0.3, -0.25) is 0 Å². The van der Waals surface area contributed by atoms with Crippen LogP contribution in [0.3, 0.4) is 0 Å². The standard InChI is InChI=1S/C9H15NO2/c1-7(6-11)10-8(2)9-4-3-5-12-9/h3-5,7-8,10-11H,6H2,1-2H3/t7-,8+/m0/s1. The van der Waals surface area contributed by atoms with Crippen LogP contribution in [0.5, 0.6) is 0 Å². The van der Waals surface area contributed by atoms with E-state index in [1.807, 2.05) is 26.0 Å². The molecule has 0 saturated heterocycles. The van der Waals surface area contributed by atoms with Crippen LogP contribution >= 0.6 is 0 Å². The van der Waals surface area contributed by atoms with E-state index in [-0.39, 0.29) is 18.7 Å². The highest BCUT2D eigenvalue weighted by Gasteiger charge is 2.09. The molecular formula is C9H15NO2. The topological polar surface area (TPSA) is 45.4 Å². The van der Waals surface area contributed by atoms with Crippen molar-refractivity contribution in [2.45, 2.75) is 25.9 Å². The van der Waals surface area contributed by atoms with Gasteiger partial charge in [-0.1, -0.05) is 0 Å². The maximum absolute atomic E-state index is 8.79. The van der Waals surface area contributed by atoms with E-state index < -0.39 is 0 Å². The summed E-state index contributed by atoms with van der Waals surface area (Å²) in [4.78, 5) is 0. The fraction of sp³-hybridized carbons (Fsp3) is 0.556. The van der Waals surface area contributed by atoms with Crippen LogP contribution in [0.25, 0.3) is 0 Å². The van der Waals surface area contributed by atoms with Crippen LogP contribution in [-0.2, 0) is 0 Å². The van der Waals surface area contributed by atoms with Gasteiger partial charge in [0.2, 0.25) is 0 Å². The lowest BCUT2D eigenvalue weighted by Gasteiger charge is -2.15. The predicted molar refractivity (Wildman–Crippen MR) is 46.8 cm³/mol. The van der Waals surface area contributed by atoms with E-state index >= 15 is 0 Å². The summed E-state index contributed by atoms with van der Waals surface area (Å²) >= 11 is 0. The van der Waals surface area contributed by atoms with Gasteiger partial charge in [-0.05, 0) is 26.0 Å². The van der Waals surface area contributed by atoms with Crippen LogP contribution in [0, 0.1) is 0 Å². The van der Waals surface area contributed by atoms with Crippen molar-refractivity contribution in [3.63, 3.8) is 0 Å². The van der Waals surface area contributed by atoms with Gasteiger partial charge in [0.25, 0.3) is 0 Å². The highest BCUT2D eigenvalue weighted by atomic mass is 16.3. The Morgan fingerprint density at radius 1 is 1.58 bits per heavy atom. The Balaban J connectivity index is 2.44. The van der Waals surface area contributed by atoms with Gasteiger partial charge < -0.3 is 14.8 Å². The van der Waals surface area contributed by atoms with E-state index in [4.69, 9.17) is 9.52 Å². The zero-order chi connectivity index (χ0) is 8.97. The summed E-state index contributed by atoms with van der Waals surface area (Å²) in [7, 11) is 0. The molecular weight excluding hydrogens is 154 g/mol. The Labute approximate surface area is 72.4 Å². The van der Waals surface area contributed by atoms with E-state index in [1.54, 1.807) is 6.26 Å². The molecule has 2 atom stereocenters. The minimum absolute atomic E-state index is 0.102. The fourth-order valence-electron chi connectivity index (χ4n) is 1.10. The number of nitrogens with one attached hydrogen (secondary N) is 1. The second-order valence-corrected chi connectivity index (χ2v) is 2.99. The normalized spacial score (nSPS) is 15.9. The molecule has 1 rings (SSSR count). The van der Waals surface area contributed by atoms with Gasteiger partial charge in [-0.15, -0.1) is 0 Å². The maximum atomic E-state index is 8.79. The van der Waals surface area contributed by atoms with Gasteiger partial charge >= 0.3 is 0 Å². The maximum Gasteiger partial charge on any atom is 0.120 e. The van der Waals surface area contributed by atoms with Gasteiger partial charge in [0.05, 0.1) is 18.9 Å². The molecule has 0 aliphatic carbocycles. The van der Waals surface area contributed by atoms with E-state index in [1.165, 1.54) is 0 Å².